The van der Waals surface area contributed by atoms with Gasteiger partial charge in [0, 0.05) is 31.6 Å². The highest BCUT2D eigenvalue weighted by Crippen LogP contribution is 2.14. The molecule has 0 aliphatic carbocycles. The van der Waals surface area contributed by atoms with Gasteiger partial charge in [0.25, 0.3) is 0 Å². The van der Waals surface area contributed by atoms with E-state index in [1.807, 2.05) is 4.90 Å². The average Bonchev–Trinajstić information content (AvgIpc) is 2.20. The zero-order valence-electron chi connectivity index (χ0n) is 9.55. The van der Waals surface area contributed by atoms with Gasteiger partial charge in [-0.1, -0.05) is 13.8 Å². The zero-order valence-corrected chi connectivity index (χ0v) is 9.55. The van der Waals surface area contributed by atoms with E-state index in [-0.39, 0.29) is 5.92 Å². The second kappa shape index (κ2) is 5.35. The molecule has 1 aliphatic heterocycles. The molecule has 1 amide bonds. The normalized spacial score (nSPS) is 22.9. The summed E-state index contributed by atoms with van der Waals surface area (Å²) in [7, 11) is 0. The van der Waals surface area contributed by atoms with E-state index in [1.165, 1.54) is 0 Å². The van der Waals surface area contributed by atoms with Crippen molar-refractivity contribution in [3.05, 3.63) is 0 Å². The Morgan fingerprint density at radius 2 is 2.14 bits per heavy atom. The molecule has 0 saturated carbocycles. The van der Waals surface area contributed by atoms with Crippen LogP contribution in [0.5, 0.6) is 0 Å². The van der Waals surface area contributed by atoms with Gasteiger partial charge in [-0.3, -0.25) is 4.79 Å². The van der Waals surface area contributed by atoms with Gasteiger partial charge in [-0.15, -0.1) is 0 Å². The van der Waals surface area contributed by atoms with Crippen molar-refractivity contribution < 1.29 is 4.79 Å². The number of carbonyl (C=O) groups is 1. The third-order valence-corrected chi connectivity index (χ3v) is 3.12. The minimum absolute atomic E-state index is 0.232. The maximum atomic E-state index is 12.1. The lowest BCUT2D eigenvalue weighted by molar-refractivity contribution is -0.138. The molecule has 0 aromatic rings. The van der Waals surface area contributed by atoms with Crippen LogP contribution in [0, 0.1) is 5.92 Å². The van der Waals surface area contributed by atoms with Crippen molar-refractivity contribution in [2.24, 2.45) is 5.92 Å². The van der Waals surface area contributed by atoms with Crippen molar-refractivity contribution in [2.75, 3.05) is 19.6 Å². The molecule has 0 aromatic carbocycles. The summed E-state index contributed by atoms with van der Waals surface area (Å²) >= 11 is 0. The van der Waals surface area contributed by atoms with Gasteiger partial charge in [0.15, 0.2) is 0 Å². The third kappa shape index (κ3) is 2.47. The van der Waals surface area contributed by atoms with Crippen LogP contribution >= 0.6 is 0 Å². The average molecular weight is 198 g/mol. The minimum Gasteiger partial charge on any atom is -0.337 e. The Morgan fingerprint density at radius 3 is 2.64 bits per heavy atom. The van der Waals surface area contributed by atoms with Crippen LogP contribution in [0.3, 0.4) is 0 Å². The van der Waals surface area contributed by atoms with Crippen molar-refractivity contribution in [3.8, 4) is 0 Å². The van der Waals surface area contributed by atoms with Gasteiger partial charge in [0.2, 0.25) is 5.91 Å². The Labute approximate surface area is 86.9 Å². The van der Waals surface area contributed by atoms with Crippen LogP contribution in [0.2, 0.25) is 0 Å². The van der Waals surface area contributed by atoms with Crippen LogP contribution in [0.1, 0.15) is 33.6 Å². The van der Waals surface area contributed by atoms with Crippen molar-refractivity contribution in [1.29, 1.82) is 0 Å². The number of hydrogen-bond acceptors (Lipinski definition) is 2. The fourth-order valence-electron chi connectivity index (χ4n) is 2.04. The summed E-state index contributed by atoms with van der Waals surface area (Å²) in [5, 5.41) is 3.30. The molecule has 1 fully saturated rings. The van der Waals surface area contributed by atoms with Crippen LogP contribution in [-0.4, -0.2) is 36.5 Å². The Morgan fingerprint density at radius 1 is 1.50 bits per heavy atom. The molecule has 0 radical (unpaired) electrons. The number of rotatable bonds is 3. The fourth-order valence-corrected chi connectivity index (χ4v) is 2.04. The molecule has 14 heavy (non-hydrogen) atoms. The predicted octanol–water partition coefficient (Wildman–Crippen LogP) is 1.24. The van der Waals surface area contributed by atoms with Gasteiger partial charge in [-0.05, 0) is 19.8 Å². The topological polar surface area (TPSA) is 32.3 Å². The number of amides is 1. The number of piperazine rings is 1. The van der Waals surface area contributed by atoms with Crippen LogP contribution in [0.25, 0.3) is 0 Å². The maximum absolute atomic E-state index is 12.1. The largest absolute Gasteiger partial charge is 0.337 e. The second-order valence-corrected chi connectivity index (χ2v) is 4.10. The number of hydrogen-bond donors (Lipinski definition) is 1. The zero-order chi connectivity index (χ0) is 10.6. The number of nitrogens with one attached hydrogen (secondary N) is 1. The van der Waals surface area contributed by atoms with Gasteiger partial charge in [-0.2, -0.15) is 0 Å². The summed E-state index contributed by atoms with van der Waals surface area (Å²) < 4.78 is 0. The molecule has 1 atom stereocenters. The van der Waals surface area contributed by atoms with Gasteiger partial charge in [0.1, 0.15) is 0 Å². The molecule has 1 N–H and O–H groups in total. The van der Waals surface area contributed by atoms with Crippen LogP contribution in [0.15, 0.2) is 0 Å². The van der Waals surface area contributed by atoms with Crippen molar-refractivity contribution in [1.82, 2.24) is 10.2 Å². The first-order valence-corrected chi connectivity index (χ1v) is 5.71. The van der Waals surface area contributed by atoms with Crippen LogP contribution < -0.4 is 5.32 Å². The summed E-state index contributed by atoms with van der Waals surface area (Å²) in [5.74, 6) is 0.583. The highest BCUT2D eigenvalue weighted by molar-refractivity contribution is 5.79. The van der Waals surface area contributed by atoms with Gasteiger partial charge < -0.3 is 10.2 Å². The van der Waals surface area contributed by atoms with E-state index < -0.39 is 0 Å². The summed E-state index contributed by atoms with van der Waals surface area (Å²) in [6, 6.07) is 0.358. The number of nitrogens with zero attached hydrogens (tertiary/aromatic N) is 1. The quantitative estimate of drug-likeness (QED) is 0.740. The Balaban J connectivity index is 2.57. The lowest BCUT2D eigenvalue weighted by Crippen LogP contribution is -2.53. The molecule has 0 spiro atoms. The van der Waals surface area contributed by atoms with Gasteiger partial charge in [0.05, 0.1) is 0 Å². The highest BCUT2D eigenvalue weighted by Gasteiger charge is 2.26. The van der Waals surface area contributed by atoms with Gasteiger partial charge >= 0.3 is 0 Å². The Hall–Kier alpha value is -0.570. The van der Waals surface area contributed by atoms with Crippen LogP contribution in [-0.2, 0) is 4.79 Å². The smallest absolute Gasteiger partial charge is 0.225 e. The third-order valence-electron chi connectivity index (χ3n) is 3.12. The molecule has 1 unspecified atom stereocenters. The molecule has 1 aliphatic rings. The van der Waals surface area contributed by atoms with Crippen LogP contribution in [0.4, 0.5) is 0 Å². The SMILES string of the molecule is CCC(CC)C(=O)N1CCNCC1C. The van der Waals surface area contributed by atoms with Gasteiger partial charge in [-0.25, -0.2) is 0 Å². The fraction of sp³-hybridized carbons (Fsp3) is 0.909. The summed E-state index contributed by atoms with van der Waals surface area (Å²) in [4.78, 5) is 14.1. The molecular formula is C11H22N2O. The standard InChI is InChI=1S/C11H22N2O/c1-4-10(5-2)11(14)13-7-6-12-8-9(13)3/h9-10,12H,4-8H2,1-3H3. The molecule has 1 rings (SSSR count). The summed E-state index contributed by atoms with van der Waals surface area (Å²) in [6.07, 6.45) is 1.93. The first-order chi connectivity index (χ1) is 6.70. The Bertz CT molecular complexity index is 190. The minimum atomic E-state index is 0.232. The molecule has 82 valence electrons. The van der Waals surface area contributed by atoms with E-state index in [0.717, 1.165) is 32.5 Å². The lowest BCUT2D eigenvalue weighted by Gasteiger charge is -2.36. The lowest BCUT2D eigenvalue weighted by atomic mass is 10.0. The second-order valence-electron chi connectivity index (χ2n) is 4.10. The molecular weight excluding hydrogens is 176 g/mol. The molecule has 0 aromatic heterocycles. The maximum Gasteiger partial charge on any atom is 0.225 e. The first-order valence-electron chi connectivity index (χ1n) is 5.71. The van der Waals surface area contributed by atoms with E-state index in [0.29, 0.717) is 11.9 Å². The van der Waals surface area contributed by atoms with E-state index in [9.17, 15) is 4.79 Å². The molecule has 1 saturated heterocycles. The first kappa shape index (κ1) is 11.5. The monoisotopic (exact) mass is 198 g/mol. The summed E-state index contributed by atoms with van der Waals surface area (Å²) in [5.41, 5.74) is 0. The Kier molecular flexibility index (Phi) is 4.39. The van der Waals surface area contributed by atoms with Crippen molar-refractivity contribution >= 4 is 5.91 Å². The van der Waals surface area contributed by atoms with E-state index in [4.69, 9.17) is 0 Å². The highest BCUT2D eigenvalue weighted by atomic mass is 16.2. The predicted molar refractivity (Wildman–Crippen MR) is 58.1 cm³/mol. The molecule has 1 heterocycles. The molecule has 0 bridgehead atoms. The summed E-state index contributed by atoms with van der Waals surface area (Å²) in [6.45, 7) is 9.06. The van der Waals surface area contributed by atoms with Crippen molar-refractivity contribution in [3.63, 3.8) is 0 Å². The number of carbonyl (C=O) groups excluding carboxylic acids is 1. The van der Waals surface area contributed by atoms with E-state index in [1.54, 1.807) is 0 Å². The van der Waals surface area contributed by atoms with Crippen molar-refractivity contribution in [2.45, 2.75) is 39.7 Å². The van der Waals surface area contributed by atoms with E-state index in [2.05, 4.69) is 26.1 Å². The molecule has 3 nitrogen and oxygen atoms in total. The van der Waals surface area contributed by atoms with E-state index >= 15 is 0 Å². The molecule has 3 heteroatoms.